The van der Waals surface area contributed by atoms with Gasteiger partial charge in [0.25, 0.3) is 0 Å². The fourth-order valence-corrected chi connectivity index (χ4v) is 0.596. The highest BCUT2D eigenvalue weighted by Gasteiger charge is 2.04. The molecule has 2 N–H and O–H groups in total. The highest BCUT2D eigenvalue weighted by atomic mass is 16.1. The van der Waals surface area contributed by atoms with Crippen molar-refractivity contribution >= 4 is 11.5 Å². The van der Waals surface area contributed by atoms with Gasteiger partial charge in [-0.05, 0) is 12.6 Å². The Kier molecular flexibility index (Phi) is 12.8. The van der Waals surface area contributed by atoms with Crippen LogP contribution in [0.4, 0.5) is 0 Å². The molecule has 0 spiro atoms. The van der Waals surface area contributed by atoms with Crippen LogP contribution in [-0.2, 0) is 4.79 Å². The fourth-order valence-electron chi connectivity index (χ4n) is 0.596. The van der Waals surface area contributed by atoms with Gasteiger partial charge in [0.05, 0.1) is 0 Å². The summed E-state index contributed by atoms with van der Waals surface area (Å²) >= 11 is 0. The standard InChI is InChI=1S/C8H12N2O.C3H8/c1-3-7(10-4-2)8(11)5-6-9;1-3-2/h3-4H,1-2,5-6,9H2;3H2,1-2H3. The molecule has 3 heteroatoms. The van der Waals surface area contributed by atoms with Crippen LogP contribution in [-0.4, -0.2) is 18.0 Å². The van der Waals surface area contributed by atoms with E-state index in [-0.39, 0.29) is 5.78 Å². The number of aliphatic imine (C=N–C) groups is 1. The molecule has 0 aromatic carbocycles. The molecule has 0 atom stereocenters. The van der Waals surface area contributed by atoms with Crippen molar-refractivity contribution in [2.75, 3.05) is 6.54 Å². The SMILES string of the molecule is C=CN=C(C=C)C(=O)CCN.CCC. The Morgan fingerprint density at radius 1 is 1.43 bits per heavy atom. The van der Waals surface area contributed by atoms with Crippen molar-refractivity contribution in [1.29, 1.82) is 0 Å². The van der Waals surface area contributed by atoms with E-state index in [1.54, 1.807) is 0 Å². The van der Waals surface area contributed by atoms with Gasteiger partial charge in [-0.25, -0.2) is 0 Å². The van der Waals surface area contributed by atoms with Crippen LogP contribution < -0.4 is 5.73 Å². The quantitative estimate of drug-likeness (QED) is 0.684. The van der Waals surface area contributed by atoms with Crippen molar-refractivity contribution < 1.29 is 4.79 Å². The number of ketones is 1. The largest absolute Gasteiger partial charge is 0.330 e. The van der Waals surface area contributed by atoms with Gasteiger partial charge in [-0.3, -0.25) is 9.79 Å². The number of nitrogens with zero attached hydrogens (tertiary/aromatic N) is 1. The molecule has 0 amide bonds. The molecule has 0 saturated heterocycles. The maximum absolute atomic E-state index is 11.0. The number of allylic oxidation sites excluding steroid dienone is 1. The topological polar surface area (TPSA) is 55.5 Å². The second kappa shape index (κ2) is 11.8. The molecular formula is C11H20N2O. The van der Waals surface area contributed by atoms with Crippen LogP contribution in [0.3, 0.4) is 0 Å². The summed E-state index contributed by atoms with van der Waals surface area (Å²) in [5.41, 5.74) is 5.51. The molecule has 0 rings (SSSR count). The monoisotopic (exact) mass is 196 g/mol. The number of Topliss-reactive ketones (excluding diaryl/α,β-unsaturated/α-hetero) is 1. The van der Waals surface area contributed by atoms with Gasteiger partial charge >= 0.3 is 0 Å². The summed E-state index contributed by atoms with van der Waals surface area (Å²) in [4.78, 5) is 14.8. The molecule has 0 fully saturated rings. The number of hydrogen-bond acceptors (Lipinski definition) is 3. The normalized spacial score (nSPS) is 9.79. The van der Waals surface area contributed by atoms with Crippen LogP contribution in [0.15, 0.2) is 30.4 Å². The van der Waals surface area contributed by atoms with Crippen molar-refractivity contribution in [3.63, 3.8) is 0 Å². The Morgan fingerprint density at radius 3 is 2.21 bits per heavy atom. The Labute approximate surface area is 86.4 Å². The summed E-state index contributed by atoms with van der Waals surface area (Å²) in [6.45, 7) is 11.4. The second-order valence-corrected chi connectivity index (χ2v) is 2.57. The Balaban J connectivity index is 0. The summed E-state index contributed by atoms with van der Waals surface area (Å²) in [6, 6.07) is 0. The summed E-state index contributed by atoms with van der Waals surface area (Å²) in [7, 11) is 0. The van der Waals surface area contributed by atoms with Gasteiger partial charge in [0.1, 0.15) is 5.71 Å². The van der Waals surface area contributed by atoms with E-state index >= 15 is 0 Å². The lowest BCUT2D eigenvalue weighted by molar-refractivity contribution is -0.112. The molecule has 14 heavy (non-hydrogen) atoms. The average Bonchev–Trinajstić information content (AvgIpc) is 2.15. The number of nitrogens with two attached hydrogens (primary N) is 1. The third kappa shape index (κ3) is 8.87. The van der Waals surface area contributed by atoms with E-state index in [9.17, 15) is 4.79 Å². The van der Waals surface area contributed by atoms with Crippen molar-refractivity contribution in [2.24, 2.45) is 10.7 Å². The van der Waals surface area contributed by atoms with Gasteiger partial charge in [0.15, 0.2) is 5.78 Å². The zero-order chi connectivity index (χ0) is 11.4. The van der Waals surface area contributed by atoms with E-state index in [0.717, 1.165) is 0 Å². The zero-order valence-electron chi connectivity index (χ0n) is 9.12. The number of carbonyl (C=O) groups is 1. The molecule has 0 saturated carbocycles. The molecular weight excluding hydrogens is 176 g/mol. The smallest absolute Gasteiger partial charge is 0.182 e. The van der Waals surface area contributed by atoms with Crippen molar-refractivity contribution in [2.45, 2.75) is 26.7 Å². The number of carbonyl (C=O) groups excluding carboxylic acids is 1. The van der Waals surface area contributed by atoms with Crippen LogP contribution in [0.5, 0.6) is 0 Å². The molecule has 0 radical (unpaired) electrons. The van der Waals surface area contributed by atoms with Gasteiger partial charge in [-0.1, -0.05) is 33.4 Å². The summed E-state index contributed by atoms with van der Waals surface area (Å²) in [5, 5.41) is 0. The molecule has 0 unspecified atom stereocenters. The Bertz CT molecular complexity index is 207. The third-order valence-corrected chi connectivity index (χ3v) is 1.08. The van der Waals surface area contributed by atoms with Crippen molar-refractivity contribution in [3.05, 3.63) is 25.4 Å². The van der Waals surface area contributed by atoms with Crippen molar-refractivity contribution in [3.8, 4) is 0 Å². The minimum absolute atomic E-state index is 0.0950. The van der Waals surface area contributed by atoms with Crippen LogP contribution in [0.25, 0.3) is 0 Å². The Hall–Kier alpha value is -1.22. The van der Waals surface area contributed by atoms with Crippen molar-refractivity contribution in [1.82, 2.24) is 0 Å². The maximum atomic E-state index is 11.0. The lowest BCUT2D eigenvalue weighted by Crippen LogP contribution is -2.15. The predicted octanol–water partition coefficient (Wildman–Crippen LogP) is 2.09. The minimum Gasteiger partial charge on any atom is -0.330 e. The number of rotatable bonds is 5. The zero-order valence-corrected chi connectivity index (χ0v) is 9.12. The van der Waals surface area contributed by atoms with E-state index in [1.807, 2.05) is 0 Å². The maximum Gasteiger partial charge on any atom is 0.182 e. The minimum atomic E-state index is -0.0950. The molecule has 0 heterocycles. The highest BCUT2D eigenvalue weighted by Crippen LogP contribution is 1.88. The first-order valence-corrected chi connectivity index (χ1v) is 4.72. The van der Waals surface area contributed by atoms with Gasteiger partial charge in [-0.2, -0.15) is 0 Å². The first kappa shape index (κ1) is 15.3. The molecule has 80 valence electrons. The fraction of sp³-hybridized carbons (Fsp3) is 0.455. The van der Waals surface area contributed by atoms with Gasteiger partial charge in [0, 0.05) is 12.6 Å². The molecule has 0 bridgehead atoms. The second-order valence-electron chi connectivity index (χ2n) is 2.57. The molecule has 0 aromatic heterocycles. The molecule has 0 aliphatic rings. The number of hydrogen-bond donors (Lipinski definition) is 1. The molecule has 0 aliphatic heterocycles. The van der Waals surface area contributed by atoms with Gasteiger partial charge < -0.3 is 5.73 Å². The molecule has 0 aromatic rings. The van der Waals surface area contributed by atoms with E-state index in [2.05, 4.69) is 32.0 Å². The third-order valence-electron chi connectivity index (χ3n) is 1.08. The van der Waals surface area contributed by atoms with E-state index in [4.69, 9.17) is 5.73 Å². The Morgan fingerprint density at radius 2 is 1.93 bits per heavy atom. The first-order chi connectivity index (χ1) is 6.67. The van der Waals surface area contributed by atoms with E-state index < -0.39 is 0 Å². The molecule has 3 nitrogen and oxygen atoms in total. The van der Waals surface area contributed by atoms with Gasteiger partial charge in [-0.15, -0.1) is 0 Å². The molecule has 0 aliphatic carbocycles. The highest BCUT2D eigenvalue weighted by molar-refractivity contribution is 6.44. The van der Waals surface area contributed by atoms with Crippen LogP contribution in [0, 0.1) is 0 Å². The first-order valence-electron chi connectivity index (χ1n) is 4.72. The van der Waals surface area contributed by atoms with E-state index in [1.165, 1.54) is 18.7 Å². The predicted molar refractivity (Wildman–Crippen MR) is 62.5 cm³/mol. The van der Waals surface area contributed by atoms with Crippen LogP contribution in [0.1, 0.15) is 26.7 Å². The lowest BCUT2D eigenvalue weighted by Gasteiger charge is -1.95. The van der Waals surface area contributed by atoms with E-state index in [0.29, 0.717) is 18.7 Å². The summed E-state index contributed by atoms with van der Waals surface area (Å²) in [6.07, 6.45) is 4.27. The van der Waals surface area contributed by atoms with Crippen LogP contribution >= 0.6 is 0 Å². The van der Waals surface area contributed by atoms with Crippen LogP contribution in [0.2, 0.25) is 0 Å². The lowest BCUT2D eigenvalue weighted by atomic mass is 10.2. The van der Waals surface area contributed by atoms with Gasteiger partial charge in [0.2, 0.25) is 0 Å². The summed E-state index contributed by atoms with van der Waals surface area (Å²) < 4.78 is 0. The summed E-state index contributed by atoms with van der Waals surface area (Å²) in [5.74, 6) is -0.0950. The average molecular weight is 196 g/mol.